The Kier molecular flexibility index (Phi) is 6.25. The zero-order chi connectivity index (χ0) is 19.5. The van der Waals surface area contributed by atoms with Gasteiger partial charge in [0.1, 0.15) is 4.21 Å². The number of thiophene rings is 1. The third-order valence-electron chi connectivity index (χ3n) is 3.38. The number of benzene rings is 1. The van der Waals surface area contributed by atoms with Crippen LogP contribution in [0.5, 0.6) is 0 Å². The van der Waals surface area contributed by atoms with Gasteiger partial charge in [-0.15, -0.1) is 11.3 Å². The highest BCUT2D eigenvalue weighted by atomic mass is 79.9. The van der Waals surface area contributed by atoms with E-state index in [2.05, 4.69) is 20.7 Å². The summed E-state index contributed by atoms with van der Waals surface area (Å²) in [4.78, 5) is 24.2. The van der Waals surface area contributed by atoms with Gasteiger partial charge in [0.15, 0.2) is 12.4 Å². The van der Waals surface area contributed by atoms with Crippen LogP contribution in [0.1, 0.15) is 31.1 Å². The van der Waals surface area contributed by atoms with E-state index in [1.807, 2.05) is 0 Å². The fourth-order valence-corrected chi connectivity index (χ4v) is 4.90. The maximum atomic E-state index is 12.5. The van der Waals surface area contributed by atoms with Crippen LogP contribution < -0.4 is 4.72 Å². The quantitative estimate of drug-likeness (QED) is 0.657. The molecule has 0 aliphatic carbocycles. The van der Waals surface area contributed by atoms with Crippen LogP contribution in [0.4, 0.5) is 5.69 Å². The molecule has 1 heterocycles. The second-order valence-electron chi connectivity index (χ2n) is 6.46. The average Bonchev–Trinajstić information content (AvgIpc) is 2.99. The van der Waals surface area contributed by atoms with E-state index >= 15 is 0 Å². The molecule has 1 N–H and O–H groups in total. The van der Waals surface area contributed by atoms with Gasteiger partial charge in [0.05, 0.1) is 15.0 Å². The summed E-state index contributed by atoms with van der Waals surface area (Å²) in [7, 11) is -3.84. The molecule has 2 aromatic rings. The summed E-state index contributed by atoms with van der Waals surface area (Å²) in [5.41, 5.74) is -0.507. The van der Waals surface area contributed by atoms with Gasteiger partial charge in [-0.25, -0.2) is 13.2 Å². The Hall–Kier alpha value is -1.71. The highest BCUT2D eigenvalue weighted by molar-refractivity contribution is 9.11. The monoisotopic (exact) mass is 459 g/mol. The van der Waals surface area contributed by atoms with Gasteiger partial charge in [-0.1, -0.05) is 32.9 Å². The van der Waals surface area contributed by atoms with Crippen molar-refractivity contribution in [2.45, 2.75) is 25.0 Å². The first-order chi connectivity index (χ1) is 12.0. The predicted octanol–water partition coefficient (Wildman–Crippen LogP) is 4.08. The van der Waals surface area contributed by atoms with Crippen molar-refractivity contribution in [2.75, 3.05) is 11.3 Å². The largest absolute Gasteiger partial charge is 0.454 e. The maximum absolute atomic E-state index is 12.5. The molecule has 1 aromatic carbocycles. The number of esters is 1. The van der Waals surface area contributed by atoms with E-state index in [0.717, 1.165) is 11.3 Å². The molecule has 0 fully saturated rings. The third-order valence-corrected chi connectivity index (χ3v) is 6.86. The molecule has 1 aromatic heterocycles. The first-order valence-corrected chi connectivity index (χ1v) is 10.7. The number of anilines is 1. The third kappa shape index (κ3) is 5.15. The lowest BCUT2D eigenvalue weighted by Crippen LogP contribution is -2.26. The van der Waals surface area contributed by atoms with Crippen LogP contribution in [0.15, 0.2) is 44.4 Å². The van der Waals surface area contributed by atoms with Crippen LogP contribution in [-0.2, 0) is 19.6 Å². The van der Waals surface area contributed by atoms with Crippen molar-refractivity contribution >= 4 is 54.7 Å². The predicted molar refractivity (Wildman–Crippen MR) is 104 cm³/mol. The van der Waals surface area contributed by atoms with E-state index in [-0.39, 0.29) is 27.9 Å². The number of nitrogens with one attached hydrogen (secondary N) is 1. The van der Waals surface area contributed by atoms with Gasteiger partial charge < -0.3 is 4.74 Å². The summed E-state index contributed by atoms with van der Waals surface area (Å²) in [5, 5.41) is 0. The Labute approximate surface area is 164 Å². The summed E-state index contributed by atoms with van der Waals surface area (Å²) < 4.78 is 33.1. The van der Waals surface area contributed by atoms with Crippen molar-refractivity contribution in [3.8, 4) is 0 Å². The van der Waals surface area contributed by atoms with Gasteiger partial charge >= 0.3 is 5.97 Å². The van der Waals surface area contributed by atoms with Crippen molar-refractivity contribution in [3.05, 3.63) is 45.7 Å². The van der Waals surface area contributed by atoms with E-state index in [0.29, 0.717) is 3.79 Å². The smallest absolute Gasteiger partial charge is 0.340 e. The van der Waals surface area contributed by atoms with Crippen LogP contribution in [0, 0.1) is 5.41 Å². The SMILES string of the molecule is CC(C)(C)C(=O)COC(=O)c1ccccc1NS(=O)(=O)c1ccc(Br)s1. The fraction of sp³-hybridized carbons (Fsp3) is 0.294. The number of para-hydroxylation sites is 1. The Morgan fingerprint density at radius 2 is 1.81 bits per heavy atom. The van der Waals surface area contributed by atoms with Crippen molar-refractivity contribution in [2.24, 2.45) is 5.41 Å². The van der Waals surface area contributed by atoms with Gasteiger partial charge in [-0.2, -0.15) is 0 Å². The second-order valence-corrected chi connectivity index (χ2v) is 10.8. The topological polar surface area (TPSA) is 89.5 Å². The number of hydrogen-bond acceptors (Lipinski definition) is 6. The Morgan fingerprint density at radius 1 is 1.15 bits per heavy atom. The molecule has 9 heteroatoms. The van der Waals surface area contributed by atoms with Gasteiger partial charge in [-0.3, -0.25) is 9.52 Å². The number of sulfonamides is 1. The van der Waals surface area contributed by atoms with Gasteiger partial charge in [-0.05, 0) is 40.2 Å². The van der Waals surface area contributed by atoms with Crippen LogP contribution in [0.25, 0.3) is 0 Å². The zero-order valence-electron chi connectivity index (χ0n) is 14.4. The maximum Gasteiger partial charge on any atom is 0.340 e. The van der Waals surface area contributed by atoms with E-state index < -0.39 is 21.4 Å². The lowest BCUT2D eigenvalue weighted by molar-refractivity contribution is -0.129. The molecular weight excluding hydrogens is 442 g/mol. The standard InChI is InChI=1S/C17H18BrNO5S2/c1-17(2,3)13(20)10-24-16(21)11-6-4-5-7-12(11)19-26(22,23)15-9-8-14(18)25-15/h4-9,19H,10H2,1-3H3. The molecule has 0 saturated carbocycles. The Bertz CT molecular complexity index is 929. The number of Topliss-reactive ketones (excluding diaryl/α,β-unsaturated/α-hetero) is 1. The molecule has 0 spiro atoms. The summed E-state index contributed by atoms with van der Waals surface area (Å²) in [6.07, 6.45) is 0. The molecule has 0 atom stereocenters. The molecule has 140 valence electrons. The van der Waals surface area contributed by atoms with Crippen LogP contribution in [-0.4, -0.2) is 26.8 Å². The van der Waals surface area contributed by atoms with Crippen molar-refractivity contribution < 1.29 is 22.7 Å². The van der Waals surface area contributed by atoms with E-state index in [1.165, 1.54) is 18.2 Å². The molecule has 0 aliphatic heterocycles. The minimum Gasteiger partial charge on any atom is -0.454 e. The zero-order valence-corrected chi connectivity index (χ0v) is 17.6. The molecule has 0 aliphatic rings. The van der Waals surface area contributed by atoms with Gasteiger partial charge in [0, 0.05) is 5.41 Å². The molecule has 0 amide bonds. The molecule has 6 nitrogen and oxygen atoms in total. The van der Waals surface area contributed by atoms with Crippen LogP contribution >= 0.6 is 27.3 Å². The lowest BCUT2D eigenvalue weighted by Gasteiger charge is -2.17. The molecular formula is C17H18BrNO5S2. The summed E-state index contributed by atoms with van der Waals surface area (Å²) in [6.45, 7) is 4.81. The number of hydrogen-bond donors (Lipinski definition) is 1. The highest BCUT2D eigenvalue weighted by Crippen LogP contribution is 2.28. The lowest BCUT2D eigenvalue weighted by atomic mass is 9.91. The highest BCUT2D eigenvalue weighted by Gasteiger charge is 2.24. The van der Waals surface area contributed by atoms with Gasteiger partial charge in [0.25, 0.3) is 10.0 Å². The minimum absolute atomic E-state index is 0.0356. The van der Waals surface area contributed by atoms with Crippen molar-refractivity contribution in [1.29, 1.82) is 0 Å². The van der Waals surface area contributed by atoms with E-state index in [9.17, 15) is 18.0 Å². The van der Waals surface area contributed by atoms with E-state index in [1.54, 1.807) is 39.0 Å². The molecule has 0 unspecified atom stereocenters. The number of rotatable bonds is 6. The molecule has 0 saturated heterocycles. The van der Waals surface area contributed by atoms with Crippen LogP contribution in [0.3, 0.4) is 0 Å². The first-order valence-electron chi connectivity index (χ1n) is 7.58. The van der Waals surface area contributed by atoms with Crippen LogP contribution in [0.2, 0.25) is 0 Å². The number of carbonyl (C=O) groups is 2. The number of carbonyl (C=O) groups excluding carboxylic acids is 2. The summed E-state index contributed by atoms with van der Waals surface area (Å²) in [5.74, 6) is -0.999. The first kappa shape index (κ1) is 20.6. The number of ether oxygens (including phenoxy) is 1. The fourth-order valence-electron chi connectivity index (χ4n) is 1.81. The normalized spacial score (nSPS) is 11.8. The van der Waals surface area contributed by atoms with E-state index in [4.69, 9.17) is 4.74 Å². The molecule has 2 rings (SSSR count). The Morgan fingerprint density at radius 3 is 2.38 bits per heavy atom. The minimum atomic E-state index is -3.84. The van der Waals surface area contributed by atoms with Crippen molar-refractivity contribution in [1.82, 2.24) is 0 Å². The second kappa shape index (κ2) is 7.89. The molecule has 0 bridgehead atoms. The van der Waals surface area contributed by atoms with Gasteiger partial charge in [0.2, 0.25) is 0 Å². The number of halogens is 1. The Balaban J connectivity index is 2.20. The summed E-state index contributed by atoms with van der Waals surface area (Å²) in [6, 6.07) is 9.16. The van der Waals surface area contributed by atoms with Crippen molar-refractivity contribution in [3.63, 3.8) is 0 Å². The summed E-state index contributed by atoms with van der Waals surface area (Å²) >= 11 is 4.27. The number of ketones is 1. The molecule has 26 heavy (non-hydrogen) atoms. The average molecular weight is 460 g/mol. The molecule has 0 radical (unpaired) electrons.